The first kappa shape index (κ1) is 17.5. The van der Waals surface area contributed by atoms with Gasteiger partial charge in [0.2, 0.25) is 0 Å². The molecule has 0 fully saturated rings. The maximum atomic E-state index is 2.49. The van der Waals surface area contributed by atoms with Crippen molar-refractivity contribution in [3.63, 3.8) is 0 Å². The second-order valence-electron chi connectivity index (χ2n) is 6.13. The van der Waals surface area contributed by atoms with Crippen molar-refractivity contribution in [1.29, 1.82) is 0 Å². The third kappa shape index (κ3) is 3.00. The van der Waals surface area contributed by atoms with Crippen molar-refractivity contribution < 1.29 is 0 Å². The van der Waals surface area contributed by atoms with E-state index in [0.717, 1.165) is 0 Å². The molecule has 0 unspecified atom stereocenters. The lowest BCUT2D eigenvalue weighted by Crippen LogP contribution is -2.39. The summed E-state index contributed by atoms with van der Waals surface area (Å²) in [5.41, 5.74) is 0. The van der Waals surface area contributed by atoms with Crippen molar-refractivity contribution in [3.05, 3.63) is 119 Å². The minimum Gasteiger partial charge on any atom is -0.0620 e. The van der Waals surface area contributed by atoms with Crippen LogP contribution in [0.15, 0.2) is 115 Å². The van der Waals surface area contributed by atoms with Crippen molar-refractivity contribution in [1.82, 2.24) is 0 Å². The molecule has 0 aromatic heterocycles. The lowest BCUT2D eigenvalue weighted by molar-refractivity contribution is 1.68. The van der Waals surface area contributed by atoms with E-state index < -0.39 is 7.26 Å². The second kappa shape index (κ2) is 7.73. The second-order valence-corrected chi connectivity index (χ2v) is 10.7. The molecule has 126 valence electrons. The molecule has 0 radical (unpaired) electrons. The number of hydrogen-bond donors (Lipinski definition) is 0. The largest absolute Gasteiger partial charge is 0.145 e. The SMILES string of the molecule is Ic1ccccc1[P+](c1ccccc1)(c1ccccc1)c1ccccc1. The van der Waals surface area contributed by atoms with E-state index in [9.17, 15) is 0 Å². The molecule has 0 aliphatic rings. The van der Waals surface area contributed by atoms with Crippen molar-refractivity contribution in [3.8, 4) is 0 Å². The molecule has 4 rings (SSSR count). The Kier molecular flexibility index (Phi) is 5.19. The van der Waals surface area contributed by atoms with Gasteiger partial charge in [0.15, 0.2) is 0 Å². The fourth-order valence-electron chi connectivity index (χ4n) is 3.54. The molecule has 26 heavy (non-hydrogen) atoms. The monoisotopic (exact) mass is 465 g/mol. The van der Waals surface area contributed by atoms with Crippen LogP contribution in [0.4, 0.5) is 0 Å². The van der Waals surface area contributed by atoms with Gasteiger partial charge in [-0.2, -0.15) is 0 Å². The Hall–Kier alpha value is -1.96. The number of halogens is 1. The smallest absolute Gasteiger partial charge is 0.0620 e. The van der Waals surface area contributed by atoms with Crippen LogP contribution in [0.1, 0.15) is 0 Å². The fourth-order valence-corrected chi connectivity index (χ4v) is 9.31. The first-order valence-electron chi connectivity index (χ1n) is 8.64. The standard InChI is InChI=1S/C24H19IP/c25-23-18-10-11-19-24(23)26(20-12-4-1-5-13-20,21-14-6-2-7-15-21)22-16-8-3-9-17-22/h1-19H/q+1. The van der Waals surface area contributed by atoms with Crippen LogP contribution in [0.3, 0.4) is 0 Å². The molecule has 0 heterocycles. The third-order valence-electron chi connectivity index (χ3n) is 4.64. The van der Waals surface area contributed by atoms with Crippen LogP contribution in [0.2, 0.25) is 0 Å². The van der Waals surface area contributed by atoms with Crippen molar-refractivity contribution in [2.75, 3.05) is 0 Å². The quantitative estimate of drug-likeness (QED) is 0.297. The van der Waals surface area contributed by atoms with Gasteiger partial charge in [0.1, 0.15) is 28.5 Å². The molecular weight excluding hydrogens is 446 g/mol. The number of rotatable bonds is 4. The van der Waals surface area contributed by atoms with Crippen molar-refractivity contribution >= 4 is 51.1 Å². The van der Waals surface area contributed by atoms with Crippen LogP contribution in [0.5, 0.6) is 0 Å². The summed E-state index contributed by atoms with van der Waals surface area (Å²) in [4.78, 5) is 0. The predicted molar refractivity (Wildman–Crippen MR) is 124 cm³/mol. The van der Waals surface area contributed by atoms with E-state index in [4.69, 9.17) is 0 Å². The zero-order valence-corrected chi connectivity index (χ0v) is 17.3. The average Bonchev–Trinajstić information content (AvgIpc) is 2.72. The maximum Gasteiger partial charge on any atom is 0.145 e. The zero-order chi connectivity index (χ0) is 17.8. The molecule has 0 aliphatic heterocycles. The Labute approximate surface area is 169 Å². The molecule has 0 saturated heterocycles. The van der Waals surface area contributed by atoms with E-state index in [0.29, 0.717) is 0 Å². The summed E-state index contributed by atoms with van der Waals surface area (Å²) >= 11 is 2.49. The summed E-state index contributed by atoms with van der Waals surface area (Å²) in [6.07, 6.45) is 0. The highest BCUT2D eigenvalue weighted by atomic mass is 127. The van der Waals surface area contributed by atoms with Crippen LogP contribution >= 0.6 is 29.9 Å². The molecular formula is C24H19IP+. The topological polar surface area (TPSA) is 0 Å². The summed E-state index contributed by atoms with van der Waals surface area (Å²) in [5, 5.41) is 5.59. The van der Waals surface area contributed by atoms with Crippen LogP contribution in [-0.2, 0) is 0 Å². The van der Waals surface area contributed by atoms with E-state index in [-0.39, 0.29) is 0 Å². The van der Waals surface area contributed by atoms with E-state index >= 15 is 0 Å². The number of benzene rings is 4. The van der Waals surface area contributed by atoms with Gasteiger partial charge in [0, 0.05) is 0 Å². The Balaban J connectivity index is 2.17. The van der Waals surface area contributed by atoms with Crippen LogP contribution in [0, 0.1) is 3.57 Å². The molecule has 2 heteroatoms. The molecule has 0 atom stereocenters. The van der Waals surface area contributed by atoms with Gasteiger partial charge in [-0.05, 0) is 71.1 Å². The first-order valence-corrected chi connectivity index (χ1v) is 11.5. The Bertz CT molecular complexity index is 885. The van der Waals surface area contributed by atoms with E-state index in [1.807, 2.05) is 0 Å². The van der Waals surface area contributed by atoms with Gasteiger partial charge in [0.25, 0.3) is 0 Å². The molecule has 0 bridgehead atoms. The first-order chi connectivity index (χ1) is 12.8. The molecule has 0 spiro atoms. The Morgan fingerprint density at radius 1 is 0.423 bits per heavy atom. The summed E-state index contributed by atoms with van der Waals surface area (Å²) in [7, 11) is -1.95. The summed E-state index contributed by atoms with van der Waals surface area (Å²) < 4.78 is 1.31. The Morgan fingerprint density at radius 3 is 1.15 bits per heavy atom. The van der Waals surface area contributed by atoms with Gasteiger partial charge >= 0.3 is 0 Å². The Morgan fingerprint density at radius 2 is 0.769 bits per heavy atom. The molecule has 0 nitrogen and oxygen atoms in total. The fraction of sp³-hybridized carbons (Fsp3) is 0. The van der Waals surface area contributed by atoms with Crippen LogP contribution in [-0.4, -0.2) is 0 Å². The highest BCUT2D eigenvalue weighted by molar-refractivity contribution is 14.1. The molecule has 0 N–H and O–H groups in total. The van der Waals surface area contributed by atoms with Gasteiger partial charge < -0.3 is 0 Å². The van der Waals surface area contributed by atoms with E-state index in [2.05, 4.69) is 138 Å². The summed E-state index contributed by atoms with van der Waals surface area (Å²) in [6, 6.07) is 41.8. The predicted octanol–water partition coefficient (Wildman–Crippen LogP) is 4.91. The lowest BCUT2D eigenvalue weighted by atomic mass is 10.3. The molecule has 4 aromatic rings. The molecule has 0 amide bonds. The molecule has 0 aliphatic carbocycles. The van der Waals surface area contributed by atoms with Gasteiger partial charge in [-0.25, -0.2) is 0 Å². The van der Waals surface area contributed by atoms with Gasteiger partial charge in [-0.1, -0.05) is 66.7 Å². The minimum absolute atomic E-state index is 1.31. The van der Waals surface area contributed by atoms with Gasteiger partial charge in [0.05, 0.1) is 3.57 Å². The summed E-state index contributed by atoms with van der Waals surface area (Å²) in [5.74, 6) is 0. The van der Waals surface area contributed by atoms with Crippen LogP contribution in [0.25, 0.3) is 0 Å². The zero-order valence-electron chi connectivity index (χ0n) is 14.3. The van der Waals surface area contributed by atoms with Crippen LogP contribution < -0.4 is 21.2 Å². The molecule has 4 aromatic carbocycles. The number of hydrogen-bond acceptors (Lipinski definition) is 0. The van der Waals surface area contributed by atoms with Gasteiger partial charge in [-0.3, -0.25) is 0 Å². The third-order valence-corrected chi connectivity index (χ3v) is 10.3. The maximum absolute atomic E-state index is 2.49. The average molecular weight is 465 g/mol. The lowest BCUT2D eigenvalue weighted by Gasteiger charge is -2.28. The highest BCUT2D eigenvalue weighted by Crippen LogP contribution is 2.54. The van der Waals surface area contributed by atoms with E-state index in [1.165, 1.54) is 24.8 Å². The molecule has 0 saturated carbocycles. The summed E-state index contributed by atoms with van der Waals surface area (Å²) in [6.45, 7) is 0. The van der Waals surface area contributed by atoms with Gasteiger partial charge in [-0.15, -0.1) is 0 Å². The van der Waals surface area contributed by atoms with Crippen molar-refractivity contribution in [2.45, 2.75) is 0 Å². The van der Waals surface area contributed by atoms with Crippen molar-refractivity contribution in [2.24, 2.45) is 0 Å². The minimum atomic E-state index is -1.95. The normalized spacial score (nSPS) is 11.3. The highest BCUT2D eigenvalue weighted by Gasteiger charge is 2.48. The van der Waals surface area contributed by atoms with E-state index in [1.54, 1.807) is 0 Å².